The van der Waals surface area contributed by atoms with Crippen molar-refractivity contribution in [2.24, 2.45) is 0 Å². The molecule has 3 rings (SSSR count). The highest BCUT2D eigenvalue weighted by atomic mass is 16.5. The highest BCUT2D eigenvalue weighted by Gasteiger charge is 2.23. The lowest BCUT2D eigenvalue weighted by Crippen LogP contribution is -2.24. The average Bonchev–Trinajstić information content (AvgIpc) is 2.90. The molecule has 2 N–H and O–H groups in total. The van der Waals surface area contributed by atoms with Gasteiger partial charge in [0.1, 0.15) is 12.1 Å². The fourth-order valence-corrected chi connectivity index (χ4v) is 2.38. The number of aryl methyl sites for hydroxylation is 1. The zero-order valence-electron chi connectivity index (χ0n) is 12.6. The van der Waals surface area contributed by atoms with Crippen LogP contribution in [0.25, 0.3) is 10.9 Å². The molecule has 0 fully saturated rings. The summed E-state index contributed by atoms with van der Waals surface area (Å²) in [5.41, 5.74) is 1.82. The fourth-order valence-electron chi connectivity index (χ4n) is 2.38. The van der Waals surface area contributed by atoms with Crippen LogP contribution < -0.4 is 10.1 Å². The van der Waals surface area contributed by atoms with Crippen molar-refractivity contribution in [3.05, 3.63) is 47.9 Å². The number of benzene rings is 1. The Labute approximate surface area is 131 Å². The van der Waals surface area contributed by atoms with E-state index in [1.807, 2.05) is 18.2 Å². The van der Waals surface area contributed by atoms with Crippen LogP contribution in [0.3, 0.4) is 0 Å². The lowest BCUT2D eigenvalue weighted by molar-refractivity contribution is -0.112. The topological polar surface area (TPSA) is 97.0 Å². The number of amides is 1. The highest BCUT2D eigenvalue weighted by Crippen LogP contribution is 2.22. The van der Waals surface area contributed by atoms with E-state index in [1.54, 1.807) is 13.0 Å². The molecule has 1 aromatic carbocycles. The van der Waals surface area contributed by atoms with Crippen LogP contribution in [-0.2, 0) is 4.79 Å². The van der Waals surface area contributed by atoms with Gasteiger partial charge in [0, 0.05) is 22.7 Å². The zero-order chi connectivity index (χ0) is 16.4. The molecule has 0 unspecified atom stereocenters. The van der Waals surface area contributed by atoms with E-state index in [1.165, 1.54) is 19.5 Å². The van der Waals surface area contributed by atoms with Crippen LogP contribution in [0.1, 0.15) is 16.1 Å². The van der Waals surface area contributed by atoms with Gasteiger partial charge in [-0.3, -0.25) is 9.59 Å². The van der Waals surface area contributed by atoms with Gasteiger partial charge in [0.15, 0.2) is 0 Å². The van der Waals surface area contributed by atoms with Crippen molar-refractivity contribution < 1.29 is 14.3 Å². The number of methoxy groups -OCH3 is 1. The van der Waals surface area contributed by atoms with Crippen molar-refractivity contribution in [1.29, 1.82) is 0 Å². The monoisotopic (exact) mass is 310 g/mol. The molecule has 0 atom stereocenters. The maximum absolute atomic E-state index is 12.5. The third kappa shape index (κ3) is 2.76. The highest BCUT2D eigenvalue weighted by molar-refractivity contribution is 6.48. The van der Waals surface area contributed by atoms with Gasteiger partial charge in [-0.1, -0.05) is 18.2 Å². The van der Waals surface area contributed by atoms with Crippen LogP contribution in [0.5, 0.6) is 5.88 Å². The molecule has 2 heterocycles. The number of hydrogen-bond acceptors (Lipinski definition) is 5. The number of aromatic amines is 1. The number of Topliss-reactive ketones (excluding diaryl/α,β-unsaturated/α-hetero) is 1. The summed E-state index contributed by atoms with van der Waals surface area (Å²) in [6, 6.07) is 8.77. The normalized spacial score (nSPS) is 10.5. The van der Waals surface area contributed by atoms with E-state index >= 15 is 0 Å². The number of nitrogens with one attached hydrogen (secondary N) is 2. The zero-order valence-corrected chi connectivity index (χ0v) is 12.6. The number of anilines is 1. The number of hydrogen-bond donors (Lipinski definition) is 2. The molecule has 0 aliphatic rings. The summed E-state index contributed by atoms with van der Waals surface area (Å²) in [5, 5.41) is 3.18. The third-order valence-corrected chi connectivity index (χ3v) is 3.42. The fraction of sp³-hybridized carbons (Fsp3) is 0.125. The Balaban J connectivity index is 1.89. The number of carbonyl (C=O) groups excluding carboxylic acids is 2. The number of fused-ring (bicyclic) bond motifs is 1. The van der Waals surface area contributed by atoms with Crippen molar-refractivity contribution in [3.63, 3.8) is 0 Å². The first-order valence-corrected chi connectivity index (χ1v) is 6.89. The van der Waals surface area contributed by atoms with E-state index in [2.05, 4.69) is 20.3 Å². The van der Waals surface area contributed by atoms with Crippen molar-refractivity contribution in [2.45, 2.75) is 6.92 Å². The Morgan fingerprint density at radius 2 is 2.00 bits per heavy atom. The Hall–Kier alpha value is -3.22. The second-order valence-corrected chi connectivity index (χ2v) is 4.90. The number of ketones is 1. The van der Waals surface area contributed by atoms with Crippen LogP contribution >= 0.6 is 0 Å². The van der Waals surface area contributed by atoms with Crippen LogP contribution in [0, 0.1) is 6.92 Å². The van der Waals surface area contributed by atoms with Gasteiger partial charge in [0.05, 0.1) is 12.7 Å². The summed E-state index contributed by atoms with van der Waals surface area (Å²) in [4.78, 5) is 35.6. The average molecular weight is 310 g/mol. The van der Waals surface area contributed by atoms with Crippen LogP contribution in [0.15, 0.2) is 36.7 Å². The van der Waals surface area contributed by atoms with Crippen LogP contribution in [0.4, 0.5) is 5.82 Å². The number of aromatic nitrogens is 3. The van der Waals surface area contributed by atoms with Crippen LogP contribution in [0.2, 0.25) is 0 Å². The van der Waals surface area contributed by atoms with E-state index in [9.17, 15) is 9.59 Å². The molecule has 116 valence electrons. The lowest BCUT2D eigenvalue weighted by atomic mass is 10.1. The minimum Gasteiger partial charge on any atom is -0.481 e. The van der Waals surface area contributed by atoms with Gasteiger partial charge in [-0.25, -0.2) is 9.97 Å². The maximum Gasteiger partial charge on any atom is 0.298 e. The first-order chi connectivity index (χ1) is 11.1. The molecule has 0 saturated carbocycles. The third-order valence-electron chi connectivity index (χ3n) is 3.42. The molecule has 23 heavy (non-hydrogen) atoms. The maximum atomic E-state index is 12.5. The van der Waals surface area contributed by atoms with Crippen molar-refractivity contribution in [2.75, 3.05) is 12.4 Å². The molecule has 0 radical (unpaired) electrons. The second kappa shape index (κ2) is 5.88. The van der Waals surface area contributed by atoms with E-state index in [4.69, 9.17) is 4.74 Å². The Morgan fingerprint density at radius 3 is 2.78 bits per heavy atom. The molecule has 0 bridgehead atoms. The molecule has 0 aliphatic carbocycles. The molecule has 2 aromatic heterocycles. The van der Waals surface area contributed by atoms with Crippen molar-refractivity contribution in [3.8, 4) is 5.88 Å². The van der Waals surface area contributed by atoms with Crippen LogP contribution in [-0.4, -0.2) is 33.8 Å². The summed E-state index contributed by atoms with van der Waals surface area (Å²) in [6.45, 7) is 1.76. The minimum atomic E-state index is -0.765. The Bertz CT molecular complexity index is 901. The van der Waals surface area contributed by atoms with Gasteiger partial charge in [-0.05, 0) is 13.0 Å². The number of carbonyl (C=O) groups is 2. The minimum absolute atomic E-state index is 0.202. The number of para-hydroxylation sites is 1. The van der Waals surface area contributed by atoms with Crippen molar-refractivity contribution in [1.82, 2.24) is 15.0 Å². The van der Waals surface area contributed by atoms with Gasteiger partial charge < -0.3 is 15.0 Å². The summed E-state index contributed by atoms with van der Waals surface area (Å²) in [6.07, 6.45) is 1.25. The van der Waals surface area contributed by atoms with Gasteiger partial charge in [0.2, 0.25) is 5.88 Å². The lowest BCUT2D eigenvalue weighted by Gasteiger charge is -2.05. The summed E-state index contributed by atoms with van der Waals surface area (Å²) in [7, 11) is 1.45. The first-order valence-electron chi connectivity index (χ1n) is 6.89. The Morgan fingerprint density at radius 1 is 1.22 bits per heavy atom. The van der Waals surface area contributed by atoms with E-state index in [0.717, 1.165) is 5.52 Å². The summed E-state index contributed by atoms with van der Waals surface area (Å²) in [5.74, 6) is -0.894. The van der Waals surface area contributed by atoms with E-state index in [-0.39, 0.29) is 5.82 Å². The largest absolute Gasteiger partial charge is 0.481 e. The first kappa shape index (κ1) is 14.7. The van der Waals surface area contributed by atoms with E-state index < -0.39 is 11.7 Å². The summed E-state index contributed by atoms with van der Waals surface area (Å²) < 4.78 is 4.95. The number of rotatable bonds is 4. The molecule has 0 spiro atoms. The number of nitrogens with zero attached hydrogens (tertiary/aromatic N) is 2. The van der Waals surface area contributed by atoms with Gasteiger partial charge in [-0.15, -0.1) is 0 Å². The molecular weight excluding hydrogens is 296 g/mol. The van der Waals surface area contributed by atoms with Gasteiger partial charge in [-0.2, -0.15) is 0 Å². The number of ether oxygens (including phenoxy) is 1. The smallest absolute Gasteiger partial charge is 0.298 e. The predicted molar refractivity (Wildman–Crippen MR) is 84.6 cm³/mol. The molecule has 0 saturated heterocycles. The van der Waals surface area contributed by atoms with Gasteiger partial charge >= 0.3 is 0 Å². The van der Waals surface area contributed by atoms with Gasteiger partial charge in [0.25, 0.3) is 11.7 Å². The molecule has 7 nitrogen and oxygen atoms in total. The standard InChI is InChI=1S/C16H14N4O3/c1-9-14(10-5-3-4-6-11(10)19-9)15(21)16(22)20-12-7-13(23-2)18-8-17-12/h3-8,19H,1-2H3,(H,17,18,20,22). The molecule has 7 heteroatoms. The van der Waals surface area contributed by atoms with E-state index in [0.29, 0.717) is 22.5 Å². The predicted octanol–water partition coefficient (Wildman–Crippen LogP) is 2.10. The Kier molecular flexibility index (Phi) is 3.76. The van der Waals surface area contributed by atoms with Crippen molar-refractivity contribution >= 4 is 28.4 Å². The SMILES string of the molecule is COc1cc(NC(=O)C(=O)c2c(C)[nH]c3ccccc23)ncn1. The molecule has 3 aromatic rings. The summed E-state index contributed by atoms with van der Waals surface area (Å²) >= 11 is 0. The molecule has 1 amide bonds. The molecular formula is C16H14N4O3. The molecule has 0 aliphatic heterocycles. The second-order valence-electron chi connectivity index (χ2n) is 4.90. The number of H-pyrrole nitrogens is 1. The quantitative estimate of drug-likeness (QED) is 0.568.